The van der Waals surface area contributed by atoms with E-state index in [2.05, 4.69) is 50.4 Å². The SMILES string of the molecule is CCCNC(c1ccccc1C)C1COC(C)C1. The summed E-state index contributed by atoms with van der Waals surface area (Å²) >= 11 is 0. The van der Waals surface area contributed by atoms with Crippen LogP contribution in [0.15, 0.2) is 24.3 Å². The highest BCUT2D eigenvalue weighted by atomic mass is 16.5. The van der Waals surface area contributed by atoms with Crippen molar-refractivity contribution in [2.45, 2.75) is 45.8 Å². The van der Waals surface area contributed by atoms with Gasteiger partial charge < -0.3 is 10.1 Å². The lowest BCUT2D eigenvalue weighted by molar-refractivity contribution is 0.117. The normalized spacial score (nSPS) is 25.3. The van der Waals surface area contributed by atoms with E-state index in [-0.39, 0.29) is 0 Å². The Morgan fingerprint density at radius 2 is 2.17 bits per heavy atom. The lowest BCUT2D eigenvalue weighted by atomic mass is 9.88. The molecule has 100 valence electrons. The van der Waals surface area contributed by atoms with Gasteiger partial charge in [-0.3, -0.25) is 0 Å². The molecule has 3 unspecified atom stereocenters. The van der Waals surface area contributed by atoms with Gasteiger partial charge in [0, 0.05) is 12.0 Å². The molecule has 1 aliphatic rings. The monoisotopic (exact) mass is 247 g/mol. The number of nitrogens with one attached hydrogen (secondary N) is 1. The molecule has 0 saturated carbocycles. The fourth-order valence-corrected chi connectivity index (χ4v) is 2.85. The Bertz CT molecular complexity index is 377. The van der Waals surface area contributed by atoms with E-state index in [0.29, 0.717) is 18.1 Å². The smallest absolute Gasteiger partial charge is 0.0551 e. The van der Waals surface area contributed by atoms with Crippen molar-refractivity contribution in [1.29, 1.82) is 0 Å². The number of hydrogen-bond donors (Lipinski definition) is 1. The molecule has 1 aromatic carbocycles. The Hall–Kier alpha value is -0.860. The molecule has 1 aliphatic heterocycles. The molecule has 0 aromatic heterocycles. The predicted molar refractivity (Wildman–Crippen MR) is 75.7 cm³/mol. The molecule has 0 amide bonds. The van der Waals surface area contributed by atoms with Gasteiger partial charge in [-0.15, -0.1) is 0 Å². The number of rotatable bonds is 5. The van der Waals surface area contributed by atoms with E-state index in [9.17, 15) is 0 Å². The zero-order valence-corrected chi connectivity index (χ0v) is 11.8. The van der Waals surface area contributed by atoms with E-state index in [1.165, 1.54) is 17.5 Å². The van der Waals surface area contributed by atoms with Gasteiger partial charge >= 0.3 is 0 Å². The second-order valence-electron chi connectivity index (χ2n) is 5.43. The molecule has 0 bridgehead atoms. The van der Waals surface area contributed by atoms with Crippen molar-refractivity contribution in [1.82, 2.24) is 5.32 Å². The summed E-state index contributed by atoms with van der Waals surface area (Å²) in [6.45, 7) is 8.56. The van der Waals surface area contributed by atoms with Crippen molar-refractivity contribution >= 4 is 0 Å². The minimum Gasteiger partial charge on any atom is -0.378 e. The lowest BCUT2D eigenvalue weighted by Crippen LogP contribution is -2.30. The summed E-state index contributed by atoms with van der Waals surface area (Å²) in [6, 6.07) is 9.16. The first-order valence-electron chi connectivity index (χ1n) is 7.13. The first-order chi connectivity index (χ1) is 8.72. The summed E-state index contributed by atoms with van der Waals surface area (Å²) in [5, 5.41) is 3.71. The third-order valence-electron chi connectivity index (χ3n) is 3.84. The molecule has 0 radical (unpaired) electrons. The molecular formula is C16H25NO. The molecule has 3 atom stereocenters. The summed E-state index contributed by atoms with van der Waals surface area (Å²) in [7, 11) is 0. The van der Waals surface area contributed by atoms with Crippen LogP contribution in [0.5, 0.6) is 0 Å². The summed E-state index contributed by atoms with van der Waals surface area (Å²) in [4.78, 5) is 0. The van der Waals surface area contributed by atoms with Crippen LogP contribution >= 0.6 is 0 Å². The zero-order chi connectivity index (χ0) is 13.0. The highest BCUT2D eigenvalue weighted by molar-refractivity contribution is 5.29. The Morgan fingerprint density at radius 3 is 2.78 bits per heavy atom. The van der Waals surface area contributed by atoms with Gasteiger partial charge in [0.25, 0.3) is 0 Å². The van der Waals surface area contributed by atoms with Gasteiger partial charge in [0.1, 0.15) is 0 Å². The molecular weight excluding hydrogens is 222 g/mol. The van der Waals surface area contributed by atoms with Crippen LogP contribution in [-0.2, 0) is 4.74 Å². The highest BCUT2D eigenvalue weighted by Crippen LogP contribution is 2.33. The molecule has 0 aliphatic carbocycles. The minimum absolute atomic E-state index is 0.407. The number of aryl methyl sites for hydroxylation is 1. The highest BCUT2D eigenvalue weighted by Gasteiger charge is 2.30. The maximum absolute atomic E-state index is 5.75. The van der Waals surface area contributed by atoms with E-state index in [1.54, 1.807) is 0 Å². The maximum Gasteiger partial charge on any atom is 0.0551 e. The van der Waals surface area contributed by atoms with Gasteiger partial charge in [0.05, 0.1) is 12.7 Å². The van der Waals surface area contributed by atoms with Crippen LogP contribution < -0.4 is 5.32 Å². The van der Waals surface area contributed by atoms with Gasteiger partial charge in [-0.1, -0.05) is 31.2 Å². The molecule has 0 spiro atoms. The molecule has 2 rings (SSSR count). The van der Waals surface area contributed by atoms with E-state index < -0.39 is 0 Å². The Balaban J connectivity index is 2.17. The van der Waals surface area contributed by atoms with Crippen molar-refractivity contribution in [3.63, 3.8) is 0 Å². The van der Waals surface area contributed by atoms with Crippen LogP contribution in [0.1, 0.15) is 43.9 Å². The fraction of sp³-hybridized carbons (Fsp3) is 0.625. The average Bonchev–Trinajstić information content (AvgIpc) is 2.78. The Labute approximate surface area is 111 Å². The minimum atomic E-state index is 0.407. The van der Waals surface area contributed by atoms with E-state index in [1.807, 2.05) is 0 Å². The van der Waals surface area contributed by atoms with E-state index >= 15 is 0 Å². The van der Waals surface area contributed by atoms with Crippen molar-refractivity contribution < 1.29 is 4.74 Å². The van der Waals surface area contributed by atoms with Crippen LogP contribution in [-0.4, -0.2) is 19.3 Å². The molecule has 1 aromatic rings. The Kier molecular flexibility index (Phi) is 4.79. The van der Waals surface area contributed by atoms with E-state index in [4.69, 9.17) is 4.74 Å². The fourth-order valence-electron chi connectivity index (χ4n) is 2.85. The van der Waals surface area contributed by atoms with Gasteiger partial charge in [0.15, 0.2) is 0 Å². The van der Waals surface area contributed by atoms with Gasteiger partial charge in [0.2, 0.25) is 0 Å². The largest absolute Gasteiger partial charge is 0.378 e. The first-order valence-corrected chi connectivity index (χ1v) is 7.13. The number of hydrogen-bond acceptors (Lipinski definition) is 2. The predicted octanol–water partition coefficient (Wildman–Crippen LogP) is 3.46. The standard InChI is InChI=1S/C16H25NO/c1-4-9-17-16(14-10-13(3)18-11-14)15-8-6-5-7-12(15)2/h5-8,13-14,16-17H,4,9-11H2,1-3H3. The molecule has 18 heavy (non-hydrogen) atoms. The second-order valence-corrected chi connectivity index (χ2v) is 5.43. The molecule has 1 heterocycles. The van der Waals surface area contributed by atoms with Gasteiger partial charge in [-0.25, -0.2) is 0 Å². The Morgan fingerprint density at radius 1 is 1.39 bits per heavy atom. The average molecular weight is 247 g/mol. The topological polar surface area (TPSA) is 21.3 Å². The second kappa shape index (κ2) is 6.35. The molecule has 1 N–H and O–H groups in total. The van der Waals surface area contributed by atoms with Crippen LogP contribution in [0.25, 0.3) is 0 Å². The van der Waals surface area contributed by atoms with Crippen molar-refractivity contribution in [2.24, 2.45) is 5.92 Å². The zero-order valence-electron chi connectivity index (χ0n) is 11.8. The van der Waals surface area contributed by atoms with Crippen LogP contribution in [0.2, 0.25) is 0 Å². The van der Waals surface area contributed by atoms with Crippen LogP contribution in [0.3, 0.4) is 0 Å². The van der Waals surface area contributed by atoms with Gasteiger partial charge in [-0.2, -0.15) is 0 Å². The summed E-state index contributed by atoms with van der Waals surface area (Å²) < 4.78 is 5.75. The summed E-state index contributed by atoms with van der Waals surface area (Å²) in [5.41, 5.74) is 2.82. The molecule has 1 saturated heterocycles. The number of benzene rings is 1. The number of ether oxygens (including phenoxy) is 1. The molecule has 1 fully saturated rings. The van der Waals surface area contributed by atoms with Crippen molar-refractivity contribution in [3.05, 3.63) is 35.4 Å². The quantitative estimate of drug-likeness (QED) is 0.860. The maximum atomic E-state index is 5.75. The van der Waals surface area contributed by atoms with Gasteiger partial charge in [-0.05, 0) is 44.4 Å². The van der Waals surface area contributed by atoms with Crippen LogP contribution in [0, 0.1) is 12.8 Å². The third kappa shape index (κ3) is 3.12. The van der Waals surface area contributed by atoms with E-state index in [0.717, 1.165) is 19.6 Å². The summed E-state index contributed by atoms with van der Waals surface area (Å²) in [5.74, 6) is 0.604. The lowest BCUT2D eigenvalue weighted by Gasteiger charge is -2.26. The summed E-state index contributed by atoms with van der Waals surface area (Å²) in [6.07, 6.45) is 2.74. The van der Waals surface area contributed by atoms with Crippen molar-refractivity contribution in [2.75, 3.05) is 13.2 Å². The van der Waals surface area contributed by atoms with Crippen molar-refractivity contribution in [3.8, 4) is 0 Å². The first kappa shape index (κ1) is 13.6. The third-order valence-corrected chi connectivity index (χ3v) is 3.84. The molecule has 2 nitrogen and oxygen atoms in total. The molecule has 2 heteroatoms. The van der Waals surface area contributed by atoms with Crippen LogP contribution in [0.4, 0.5) is 0 Å².